The van der Waals surface area contributed by atoms with E-state index in [0.717, 1.165) is 35.8 Å². The lowest BCUT2D eigenvalue weighted by atomic mass is 10.3. The van der Waals surface area contributed by atoms with Gasteiger partial charge in [0.1, 0.15) is 12.4 Å². The molecule has 3 heterocycles. The van der Waals surface area contributed by atoms with E-state index in [1.54, 1.807) is 16.6 Å². The monoisotopic (exact) mass is 368 g/mol. The number of hydrogen-bond donors (Lipinski definition) is 1. The molecule has 1 aliphatic heterocycles. The van der Waals surface area contributed by atoms with Crippen molar-refractivity contribution in [3.8, 4) is 0 Å². The first-order valence-corrected chi connectivity index (χ1v) is 9.34. The van der Waals surface area contributed by atoms with E-state index < -0.39 is 0 Å². The fraction of sp³-hybridized carbons (Fsp3) is 0.500. The van der Waals surface area contributed by atoms with Gasteiger partial charge in [0.15, 0.2) is 5.82 Å². The van der Waals surface area contributed by atoms with Crippen LogP contribution >= 0.6 is 0 Å². The number of tetrazole rings is 1. The molecule has 0 unspecified atom stereocenters. The zero-order valence-electron chi connectivity index (χ0n) is 15.5. The summed E-state index contributed by atoms with van der Waals surface area (Å²) in [4.78, 5) is 24.4. The Morgan fingerprint density at radius 3 is 2.89 bits per heavy atom. The second-order valence-corrected chi connectivity index (χ2v) is 7.00. The van der Waals surface area contributed by atoms with Gasteiger partial charge in [-0.1, -0.05) is 12.1 Å². The summed E-state index contributed by atoms with van der Waals surface area (Å²) < 4.78 is 1.61. The standard InChI is InChI=1S/C18H24N8O/c1-24(11-8-16-19-14-6-2-3-7-15(14)20-16)18(27)13-26-17(21-22-23-26)12-25-9-4-5-10-25/h2-3,6-7H,4-5,8-13H2,1H3,(H,19,20). The number of nitrogens with one attached hydrogen (secondary N) is 1. The highest BCUT2D eigenvalue weighted by Crippen LogP contribution is 2.12. The molecule has 0 aliphatic carbocycles. The van der Waals surface area contributed by atoms with Crippen LogP contribution in [0.3, 0.4) is 0 Å². The fourth-order valence-electron chi connectivity index (χ4n) is 3.37. The summed E-state index contributed by atoms with van der Waals surface area (Å²) in [5.41, 5.74) is 1.96. The average molecular weight is 368 g/mol. The number of fused-ring (bicyclic) bond motifs is 1. The Bertz CT molecular complexity index is 878. The number of rotatable bonds is 7. The molecule has 1 N–H and O–H groups in total. The second kappa shape index (κ2) is 7.83. The van der Waals surface area contributed by atoms with Crippen molar-refractivity contribution in [2.75, 3.05) is 26.7 Å². The number of likely N-dealkylation sites (tertiary alicyclic amines) is 1. The Morgan fingerprint density at radius 1 is 1.26 bits per heavy atom. The minimum Gasteiger partial charge on any atom is -0.344 e. The Labute approximate surface area is 157 Å². The van der Waals surface area contributed by atoms with Crippen LogP contribution < -0.4 is 0 Å². The van der Waals surface area contributed by atoms with Crippen molar-refractivity contribution in [1.82, 2.24) is 40.0 Å². The lowest BCUT2D eigenvalue weighted by Gasteiger charge is -2.17. The van der Waals surface area contributed by atoms with E-state index in [9.17, 15) is 4.79 Å². The molecule has 1 saturated heterocycles. The van der Waals surface area contributed by atoms with Crippen LogP contribution in [0.2, 0.25) is 0 Å². The first-order valence-electron chi connectivity index (χ1n) is 9.34. The minimum absolute atomic E-state index is 0.0129. The van der Waals surface area contributed by atoms with E-state index in [4.69, 9.17) is 0 Å². The summed E-state index contributed by atoms with van der Waals surface area (Å²) in [6.07, 6.45) is 3.10. The smallest absolute Gasteiger partial charge is 0.244 e. The summed E-state index contributed by atoms with van der Waals surface area (Å²) in [7, 11) is 1.80. The predicted octanol–water partition coefficient (Wildman–Crippen LogP) is 0.846. The van der Waals surface area contributed by atoms with Gasteiger partial charge in [-0.05, 0) is 48.5 Å². The van der Waals surface area contributed by atoms with Gasteiger partial charge in [0.2, 0.25) is 5.91 Å². The molecule has 0 saturated carbocycles. The maximum absolute atomic E-state index is 12.6. The lowest BCUT2D eigenvalue weighted by molar-refractivity contribution is -0.130. The number of hydrogen-bond acceptors (Lipinski definition) is 6. The molecule has 142 valence electrons. The average Bonchev–Trinajstić information content (AvgIpc) is 3.41. The number of imidazole rings is 1. The van der Waals surface area contributed by atoms with Gasteiger partial charge in [-0.2, -0.15) is 0 Å². The van der Waals surface area contributed by atoms with Crippen molar-refractivity contribution in [3.63, 3.8) is 0 Å². The van der Waals surface area contributed by atoms with Gasteiger partial charge in [-0.15, -0.1) is 5.10 Å². The second-order valence-electron chi connectivity index (χ2n) is 7.00. The Balaban J connectivity index is 1.32. The maximum atomic E-state index is 12.6. The van der Waals surface area contributed by atoms with E-state index in [0.29, 0.717) is 19.5 Å². The van der Waals surface area contributed by atoms with E-state index >= 15 is 0 Å². The number of aromatic amines is 1. The molecule has 1 fully saturated rings. The van der Waals surface area contributed by atoms with Gasteiger partial charge >= 0.3 is 0 Å². The molecule has 1 aromatic carbocycles. The largest absolute Gasteiger partial charge is 0.344 e. The molecule has 0 spiro atoms. The van der Waals surface area contributed by atoms with Gasteiger partial charge in [0, 0.05) is 20.0 Å². The third kappa shape index (κ3) is 4.13. The van der Waals surface area contributed by atoms with Crippen LogP contribution in [0.5, 0.6) is 0 Å². The maximum Gasteiger partial charge on any atom is 0.244 e. The van der Waals surface area contributed by atoms with Gasteiger partial charge in [0.05, 0.1) is 17.6 Å². The molecular formula is C18H24N8O. The Hall–Kier alpha value is -2.81. The van der Waals surface area contributed by atoms with E-state index in [2.05, 4.69) is 30.4 Å². The quantitative estimate of drug-likeness (QED) is 0.664. The Morgan fingerprint density at radius 2 is 2.07 bits per heavy atom. The first kappa shape index (κ1) is 17.6. The third-order valence-corrected chi connectivity index (χ3v) is 5.00. The number of likely N-dealkylation sites (N-methyl/N-ethyl adjacent to an activating group) is 1. The van der Waals surface area contributed by atoms with Crippen LogP contribution in [0.25, 0.3) is 11.0 Å². The fourth-order valence-corrected chi connectivity index (χ4v) is 3.37. The third-order valence-electron chi connectivity index (χ3n) is 5.00. The van der Waals surface area contributed by atoms with Gasteiger partial charge < -0.3 is 9.88 Å². The lowest BCUT2D eigenvalue weighted by Crippen LogP contribution is -2.33. The highest BCUT2D eigenvalue weighted by Gasteiger charge is 2.18. The van der Waals surface area contributed by atoms with Crippen LogP contribution in [-0.2, 0) is 24.3 Å². The zero-order chi connectivity index (χ0) is 18.6. The van der Waals surface area contributed by atoms with Crippen LogP contribution in [0.15, 0.2) is 24.3 Å². The molecular weight excluding hydrogens is 344 g/mol. The number of para-hydroxylation sites is 2. The van der Waals surface area contributed by atoms with Crippen LogP contribution in [-0.4, -0.2) is 72.6 Å². The predicted molar refractivity (Wildman–Crippen MR) is 99.8 cm³/mol. The molecule has 0 radical (unpaired) electrons. The summed E-state index contributed by atoms with van der Waals surface area (Å²) in [6.45, 7) is 3.58. The Kier molecular flexibility index (Phi) is 5.10. The van der Waals surface area contributed by atoms with Crippen LogP contribution in [0.1, 0.15) is 24.5 Å². The summed E-state index contributed by atoms with van der Waals surface area (Å²) in [5, 5.41) is 11.8. The summed E-state index contributed by atoms with van der Waals surface area (Å²) in [6, 6.07) is 7.92. The number of carbonyl (C=O) groups excluding carboxylic acids is 1. The SMILES string of the molecule is CN(CCc1nc2ccccc2[nH]1)C(=O)Cn1nnnc1CN1CCCC1. The molecule has 27 heavy (non-hydrogen) atoms. The number of aromatic nitrogens is 6. The van der Waals surface area contributed by atoms with Gasteiger partial charge in [-0.3, -0.25) is 9.69 Å². The molecule has 1 aliphatic rings. The van der Waals surface area contributed by atoms with Crippen molar-refractivity contribution < 1.29 is 4.79 Å². The number of carbonyl (C=O) groups is 1. The number of amides is 1. The number of benzene rings is 1. The van der Waals surface area contributed by atoms with Crippen molar-refractivity contribution in [1.29, 1.82) is 0 Å². The molecule has 0 bridgehead atoms. The molecule has 4 rings (SSSR count). The molecule has 9 heteroatoms. The summed E-state index contributed by atoms with van der Waals surface area (Å²) in [5.74, 6) is 1.62. The topological polar surface area (TPSA) is 95.8 Å². The van der Waals surface area contributed by atoms with Crippen LogP contribution in [0.4, 0.5) is 0 Å². The van der Waals surface area contributed by atoms with Crippen molar-refractivity contribution in [2.24, 2.45) is 0 Å². The minimum atomic E-state index is -0.0129. The molecule has 0 atom stereocenters. The van der Waals surface area contributed by atoms with E-state index in [1.165, 1.54) is 12.8 Å². The number of H-pyrrole nitrogens is 1. The molecule has 2 aromatic heterocycles. The van der Waals surface area contributed by atoms with Gasteiger partial charge in [-0.25, -0.2) is 9.67 Å². The molecule has 1 amide bonds. The number of nitrogens with zero attached hydrogens (tertiary/aromatic N) is 7. The normalized spacial score (nSPS) is 14.9. The zero-order valence-corrected chi connectivity index (χ0v) is 15.5. The van der Waals surface area contributed by atoms with Gasteiger partial charge in [0.25, 0.3) is 0 Å². The molecule has 9 nitrogen and oxygen atoms in total. The van der Waals surface area contributed by atoms with Crippen molar-refractivity contribution in [3.05, 3.63) is 35.9 Å². The van der Waals surface area contributed by atoms with E-state index in [-0.39, 0.29) is 12.5 Å². The highest BCUT2D eigenvalue weighted by atomic mass is 16.2. The van der Waals surface area contributed by atoms with Crippen molar-refractivity contribution >= 4 is 16.9 Å². The molecule has 3 aromatic rings. The first-order chi connectivity index (χ1) is 13.2. The summed E-state index contributed by atoms with van der Waals surface area (Å²) >= 11 is 0. The van der Waals surface area contributed by atoms with Crippen LogP contribution in [0, 0.1) is 0 Å². The highest BCUT2D eigenvalue weighted by molar-refractivity contribution is 5.76. The van der Waals surface area contributed by atoms with E-state index in [1.807, 2.05) is 24.3 Å². The van der Waals surface area contributed by atoms with Crippen molar-refractivity contribution in [2.45, 2.75) is 32.4 Å².